The van der Waals surface area contributed by atoms with E-state index in [4.69, 9.17) is 9.57 Å². The average Bonchev–Trinajstić information content (AvgIpc) is 2.83. The molecule has 25 heavy (non-hydrogen) atoms. The Labute approximate surface area is 152 Å². The van der Waals surface area contributed by atoms with Crippen LogP contribution in [-0.2, 0) is 16.0 Å². The number of ether oxygens (including phenoxy) is 1. The van der Waals surface area contributed by atoms with Gasteiger partial charge in [-0.2, -0.15) is 0 Å². The second-order valence-corrected chi connectivity index (χ2v) is 7.11. The van der Waals surface area contributed by atoms with Crippen LogP contribution < -0.4 is 9.57 Å². The van der Waals surface area contributed by atoms with E-state index in [1.165, 1.54) is 11.2 Å². The second-order valence-electron chi connectivity index (χ2n) is 6.19. The molecule has 1 atom stereocenters. The Kier molecular flexibility index (Phi) is 4.09. The Morgan fingerprint density at radius 3 is 2.84 bits per heavy atom. The number of nitrogens with zero attached hydrogens (tertiary/aromatic N) is 3. The molecular formula is C17H16BrN3O4. The lowest BCUT2D eigenvalue weighted by molar-refractivity contribution is -0.142. The van der Waals surface area contributed by atoms with Crippen LogP contribution in [0.4, 0.5) is 0 Å². The zero-order valence-corrected chi connectivity index (χ0v) is 15.2. The molecule has 0 aromatic carbocycles. The summed E-state index contributed by atoms with van der Waals surface area (Å²) in [7, 11) is 0. The van der Waals surface area contributed by atoms with E-state index in [0.717, 1.165) is 40.7 Å². The van der Waals surface area contributed by atoms with Crippen molar-refractivity contribution in [2.45, 2.75) is 25.8 Å². The topological polar surface area (TPSA) is 73.7 Å². The highest BCUT2D eigenvalue weighted by Crippen LogP contribution is 2.33. The molecule has 2 aliphatic rings. The van der Waals surface area contributed by atoms with Gasteiger partial charge < -0.3 is 14.5 Å². The molecule has 4 heterocycles. The zero-order chi connectivity index (χ0) is 17.6. The standard InChI is InChI=1S/C17H16BrN3O4/c1-10-4-6-20(10)7-5-12-13-8-11(18)9-19-16(13)21-17(12)24-14(22)2-3-15(23)25-21/h2-3,8-10H,4-7H2,1H3/b3-2+. The summed E-state index contributed by atoms with van der Waals surface area (Å²) in [6, 6.07) is 2.45. The molecule has 130 valence electrons. The Bertz CT molecular complexity index is 905. The number of carbonyl (C=O) groups excluding carboxylic acids is 2. The van der Waals surface area contributed by atoms with Crippen LogP contribution in [0.1, 0.15) is 18.9 Å². The lowest BCUT2D eigenvalue weighted by Crippen LogP contribution is -2.46. The summed E-state index contributed by atoms with van der Waals surface area (Å²) < 4.78 is 7.45. The molecule has 1 unspecified atom stereocenters. The third kappa shape index (κ3) is 2.96. The predicted molar refractivity (Wildman–Crippen MR) is 93.2 cm³/mol. The molecule has 2 aromatic heterocycles. The molecule has 2 aromatic rings. The highest BCUT2D eigenvalue weighted by atomic mass is 79.9. The summed E-state index contributed by atoms with van der Waals surface area (Å²) in [5, 5.41) is 0.792. The van der Waals surface area contributed by atoms with Crippen LogP contribution in [-0.4, -0.2) is 45.7 Å². The van der Waals surface area contributed by atoms with Gasteiger partial charge in [-0.1, -0.05) is 0 Å². The van der Waals surface area contributed by atoms with E-state index in [1.54, 1.807) is 6.20 Å². The first-order valence-corrected chi connectivity index (χ1v) is 8.87. The van der Waals surface area contributed by atoms with E-state index < -0.39 is 11.9 Å². The molecule has 0 amide bonds. The molecule has 0 N–H and O–H groups in total. The highest BCUT2D eigenvalue weighted by molar-refractivity contribution is 9.10. The molecule has 1 fully saturated rings. The van der Waals surface area contributed by atoms with Crippen LogP contribution in [0.3, 0.4) is 0 Å². The minimum atomic E-state index is -0.651. The molecule has 0 bridgehead atoms. The van der Waals surface area contributed by atoms with E-state index in [1.807, 2.05) is 6.07 Å². The largest absolute Gasteiger partial charge is 0.403 e. The van der Waals surface area contributed by atoms with E-state index >= 15 is 0 Å². The Morgan fingerprint density at radius 1 is 1.32 bits per heavy atom. The van der Waals surface area contributed by atoms with Crippen molar-refractivity contribution in [1.82, 2.24) is 14.6 Å². The van der Waals surface area contributed by atoms with Crippen molar-refractivity contribution in [2.75, 3.05) is 13.1 Å². The first-order valence-electron chi connectivity index (χ1n) is 8.08. The van der Waals surface area contributed by atoms with Crippen molar-refractivity contribution in [3.8, 4) is 5.88 Å². The van der Waals surface area contributed by atoms with E-state index in [-0.39, 0.29) is 5.88 Å². The number of esters is 1. The monoisotopic (exact) mass is 405 g/mol. The minimum absolute atomic E-state index is 0.219. The van der Waals surface area contributed by atoms with Crippen LogP contribution >= 0.6 is 15.9 Å². The van der Waals surface area contributed by atoms with Crippen LogP contribution in [0, 0.1) is 0 Å². The van der Waals surface area contributed by atoms with Gasteiger partial charge in [0.05, 0.1) is 0 Å². The van der Waals surface area contributed by atoms with Crippen LogP contribution in [0.25, 0.3) is 11.0 Å². The molecular weight excluding hydrogens is 390 g/mol. The van der Waals surface area contributed by atoms with Crippen molar-refractivity contribution in [1.29, 1.82) is 0 Å². The molecule has 0 spiro atoms. The van der Waals surface area contributed by atoms with Crippen LogP contribution in [0.15, 0.2) is 28.9 Å². The maximum atomic E-state index is 11.9. The van der Waals surface area contributed by atoms with Crippen molar-refractivity contribution < 1.29 is 19.2 Å². The normalized spacial score (nSPS) is 21.8. The fourth-order valence-electron chi connectivity index (χ4n) is 3.12. The fourth-order valence-corrected chi connectivity index (χ4v) is 3.45. The number of likely N-dealkylation sites (tertiary alicyclic amines) is 1. The van der Waals surface area contributed by atoms with Gasteiger partial charge in [-0.05, 0) is 48.3 Å². The summed E-state index contributed by atoms with van der Waals surface area (Å²) in [6.07, 6.45) is 5.57. The highest BCUT2D eigenvalue weighted by Gasteiger charge is 2.28. The third-order valence-corrected chi connectivity index (χ3v) is 5.07. The number of aromatic nitrogens is 2. The van der Waals surface area contributed by atoms with Crippen LogP contribution in [0.5, 0.6) is 5.88 Å². The summed E-state index contributed by atoms with van der Waals surface area (Å²) in [6.45, 7) is 4.09. The smallest absolute Gasteiger partial charge is 0.356 e. The number of fused-ring (bicyclic) bond motifs is 3. The van der Waals surface area contributed by atoms with Crippen molar-refractivity contribution >= 4 is 38.9 Å². The van der Waals surface area contributed by atoms with Gasteiger partial charge in [-0.15, -0.1) is 4.73 Å². The Morgan fingerprint density at radius 2 is 2.12 bits per heavy atom. The number of hydrogen-bond donors (Lipinski definition) is 0. The van der Waals surface area contributed by atoms with Gasteiger partial charge in [0.25, 0.3) is 0 Å². The number of halogens is 1. The molecule has 8 heteroatoms. The minimum Gasteiger partial charge on any atom is -0.403 e. The SMILES string of the molecule is CC1CCN1CCc1c2n(c3ncc(Br)cc13)OC(=O)/C=C/C(=O)O2. The maximum Gasteiger partial charge on any atom is 0.356 e. The quantitative estimate of drug-likeness (QED) is 0.725. The van der Waals surface area contributed by atoms with Crippen molar-refractivity contribution in [2.24, 2.45) is 0 Å². The molecule has 4 rings (SSSR count). The van der Waals surface area contributed by atoms with E-state index in [9.17, 15) is 9.59 Å². The summed E-state index contributed by atoms with van der Waals surface area (Å²) in [5.74, 6) is -1.04. The molecule has 7 nitrogen and oxygen atoms in total. The first kappa shape index (κ1) is 16.3. The molecule has 0 saturated carbocycles. The van der Waals surface area contributed by atoms with Gasteiger partial charge in [-0.3, -0.25) is 0 Å². The number of hydrogen-bond acceptors (Lipinski definition) is 6. The van der Waals surface area contributed by atoms with Gasteiger partial charge in [0.2, 0.25) is 5.88 Å². The summed E-state index contributed by atoms with van der Waals surface area (Å²) in [4.78, 5) is 35.8. The lowest BCUT2D eigenvalue weighted by Gasteiger charge is -2.38. The molecule has 0 aliphatic carbocycles. The molecule has 0 radical (unpaired) electrons. The number of carbonyl (C=O) groups is 2. The lowest BCUT2D eigenvalue weighted by atomic mass is 10.0. The van der Waals surface area contributed by atoms with E-state index in [0.29, 0.717) is 18.1 Å². The van der Waals surface area contributed by atoms with Crippen LogP contribution in [0.2, 0.25) is 0 Å². The molecule has 2 aliphatic heterocycles. The van der Waals surface area contributed by atoms with Gasteiger partial charge in [0, 0.05) is 46.4 Å². The van der Waals surface area contributed by atoms with Gasteiger partial charge in [0.1, 0.15) is 0 Å². The number of rotatable bonds is 3. The first-order chi connectivity index (χ1) is 12.0. The molecule has 1 saturated heterocycles. The van der Waals surface area contributed by atoms with Crippen molar-refractivity contribution in [3.05, 3.63) is 34.5 Å². The number of pyridine rings is 1. The van der Waals surface area contributed by atoms with Gasteiger partial charge in [-0.25, -0.2) is 14.6 Å². The Hall–Kier alpha value is -2.19. The van der Waals surface area contributed by atoms with Gasteiger partial charge >= 0.3 is 11.9 Å². The maximum absolute atomic E-state index is 11.9. The third-order valence-electron chi connectivity index (χ3n) is 4.63. The summed E-state index contributed by atoms with van der Waals surface area (Å²) in [5.41, 5.74) is 1.25. The second kappa shape index (κ2) is 6.27. The van der Waals surface area contributed by atoms with E-state index in [2.05, 4.69) is 32.7 Å². The Balaban J connectivity index is 1.80. The summed E-state index contributed by atoms with van der Waals surface area (Å²) >= 11 is 3.42. The average molecular weight is 406 g/mol. The fraction of sp³-hybridized carbons (Fsp3) is 0.353. The van der Waals surface area contributed by atoms with Crippen molar-refractivity contribution in [3.63, 3.8) is 0 Å². The zero-order valence-electron chi connectivity index (χ0n) is 13.6. The predicted octanol–water partition coefficient (Wildman–Crippen LogP) is 1.87. The van der Waals surface area contributed by atoms with Gasteiger partial charge in [0.15, 0.2) is 5.65 Å².